The summed E-state index contributed by atoms with van der Waals surface area (Å²) in [5.41, 5.74) is 10.3. The maximum atomic E-state index is 12.3. The number of nitrogens with one attached hydrogen (secondary N) is 3. The first-order valence-corrected chi connectivity index (χ1v) is 11.5. The molecule has 7 nitrogen and oxygen atoms in total. The number of hydroxylamine groups is 1. The Balaban J connectivity index is 1.53. The highest BCUT2D eigenvalue weighted by atomic mass is 16.5. The van der Waals surface area contributed by atoms with Gasteiger partial charge in [0.1, 0.15) is 6.04 Å². The van der Waals surface area contributed by atoms with Crippen molar-refractivity contribution in [2.45, 2.75) is 57.2 Å². The first kappa shape index (κ1) is 24.5. The van der Waals surface area contributed by atoms with Crippen LogP contribution in [0.15, 0.2) is 48.5 Å². The third kappa shape index (κ3) is 7.72. The van der Waals surface area contributed by atoms with Gasteiger partial charge in [-0.1, -0.05) is 49.7 Å². The van der Waals surface area contributed by atoms with E-state index in [1.54, 1.807) is 24.3 Å². The molecule has 0 heterocycles. The first-order valence-electron chi connectivity index (χ1n) is 11.5. The monoisotopic (exact) mass is 448 g/mol. The smallest absolute Gasteiger partial charge is 0.267 e. The molecule has 0 saturated heterocycles. The van der Waals surface area contributed by atoms with Crippen LogP contribution >= 0.6 is 0 Å². The molecule has 0 spiro atoms. The van der Waals surface area contributed by atoms with E-state index in [1.807, 2.05) is 12.1 Å². The van der Waals surface area contributed by atoms with Crippen LogP contribution in [0.5, 0.6) is 0 Å². The van der Waals surface area contributed by atoms with Crippen molar-refractivity contribution in [1.82, 2.24) is 16.1 Å². The minimum Gasteiger partial charge on any atom is -0.339 e. The number of amides is 2. The Bertz CT molecular complexity index is 969. The van der Waals surface area contributed by atoms with Crippen LogP contribution in [0.1, 0.15) is 65.6 Å². The lowest BCUT2D eigenvalue weighted by Gasteiger charge is -2.16. The molecule has 2 aromatic carbocycles. The fourth-order valence-electron chi connectivity index (χ4n) is 3.85. The number of hydrogen-bond acceptors (Lipinski definition) is 5. The van der Waals surface area contributed by atoms with Crippen LogP contribution < -0.4 is 21.8 Å². The summed E-state index contributed by atoms with van der Waals surface area (Å²) in [6, 6.07) is 14.6. The zero-order chi connectivity index (χ0) is 23.5. The Morgan fingerprint density at radius 1 is 0.939 bits per heavy atom. The molecule has 1 aliphatic carbocycles. The van der Waals surface area contributed by atoms with Crippen molar-refractivity contribution >= 4 is 11.8 Å². The molecule has 1 atom stereocenters. The second-order valence-corrected chi connectivity index (χ2v) is 8.33. The quantitative estimate of drug-likeness (QED) is 0.193. The summed E-state index contributed by atoms with van der Waals surface area (Å²) in [4.78, 5) is 23.7. The van der Waals surface area contributed by atoms with Gasteiger partial charge >= 0.3 is 0 Å². The SMILES string of the molecule is NC[C@H](NC(=O)c1ccc(C#Cc2ccc(CNC3CCCCCC3)cc2)cc1)C(=O)NO. The van der Waals surface area contributed by atoms with Gasteiger partial charge in [-0.3, -0.25) is 14.8 Å². The van der Waals surface area contributed by atoms with E-state index in [2.05, 4.69) is 34.6 Å². The van der Waals surface area contributed by atoms with E-state index in [4.69, 9.17) is 10.9 Å². The highest BCUT2D eigenvalue weighted by Crippen LogP contribution is 2.17. The Labute approximate surface area is 195 Å². The average Bonchev–Trinajstić information content (AvgIpc) is 3.14. The maximum absolute atomic E-state index is 12.3. The molecule has 0 aromatic heterocycles. The van der Waals surface area contributed by atoms with Crippen LogP contribution in [0.25, 0.3) is 0 Å². The number of carbonyl (C=O) groups excluding carboxylic acids is 2. The molecule has 3 rings (SSSR count). The van der Waals surface area contributed by atoms with Gasteiger partial charge in [-0.15, -0.1) is 0 Å². The van der Waals surface area contributed by atoms with Crippen molar-refractivity contribution < 1.29 is 14.8 Å². The molecule has 6 N–H and O–H groups in total. The Morgan fingerprint density at radius 3 is 2.06 bits per heavy atom. The van der Waals surface area contributed by atoms with Gasteiger partial charge in [0.05, 0.1) is 0 Å². The van der Waals surface area contributed by atoms with Crippen molar-refractivity contribution in [3.8, 4) is 11.8 Å². The highest BCUT2D eigenvalue weighted by molar-refractivity contribution is 5.97. The lowest BCUT2D eigenvalue weighted by molar-refractivity contribution is -0.130. The molecule has 0 radical (unpaired) electrons. The van der Waals surface area contributed by atoms with Gasteiger partial charge in [0.15, 0.2) is 0 Å². The van der Waals surface area contributed by atoms with Gasteiger partial charge in [0.2, 0.25) is 0 Å². The predicted molar refractivity (Wildman–Crippen MR) is 127 cm³/mol. The van der Waals surface area contributed by atoms with E-state index < -0.39 is 17.9 Å². The van der Waals surface area contributed by atoms with Crippen LogP contribution in [0.4, 0.5) is 0 Å². The molecule has 1 aliphatic rings. The molecule has 1 fully saturated rings. The summed E-state index contributed by atoms with van der Waals surface area (Å²) >= 11 is 0. The molecule has 2 amide bonds. The largest absolute Gasteiger partial charge is 0.339 e. The normalized spacial score (nSPS) is 15.0. The number of carbonyl (C=O) groups is 2. The molecule has 2 aromatic rings. The lowest BCUT2D eigenvalue weighted by atomic mass is 10.1. The van der Waals surface area contributed by atoms with E-state index in [0.717, 1.165) is 17.7 Å². The van der Waals surface area contributed by atoms with Gasteiger partial charge in [0, 0.05) is 35.8 Å². The maximum Gasteiger partial charge on any atom is 0.267 e. The van der Waals surface area contributed by atoms with Gasteiger partial charge in [-0.25, -0.2) is 5.48 Å². The molecule has 33 heavy (non-hydrogen) atoms. The molecule has 0 unspecified atom stereocenters. The molecular formula is C26H32N4O3. The van der Waals surface area contributed by atoms with Crippen LogP contribution in [-0.4, -0.2) is 35.7 Å². The number of hydrogen-bond donors (Lipinski definition) is 5. The molecule has 0 aliphatic heterocycles. The number of nitrogens with two attached hydrogens (primary N) is 1. The lowest BCUT2D eigenvalue weighted by Crippen LogP contribution is -2.50. The Hall–Kier alpha value is -3.18. The third-order valence-electron chi connectivity index (χ3n) is 5.87. The summed E-state index contributed by atoms with van der Waals surface area (Å²) in [7, 11) is 0. The molecule has 174 valence electrons. The second-order valence-electron chi connectivity index (χ2n) is 8.33. The zero-order valence-electron chi connectivity index (χ0n) is 18.8. The van der Waals surface area contributed by atoms with Crippen molar-refractivity contribution in [1.29, 1.82) is 0 Å². The molecule has 7 heteroatoms. The summed E-state index contributed by atoms with van der Waals surface area (Å²) in [5, 5.41) is 14.8. The van der Waals surface area contributed by atoms with Gasteiger partial charge in [-0.2, -0.15) is 0 Å². The minimum absolute atomic E-state index is 0.128. The van der Waals surface area contributed by atoms with Gasteiger partial charge in [0.25, 0.3) is 11.8 Å². The summed E-state index contributed by atoms with van der Waals surface area (Å²) in [6.45, 7) is 0.754. The Morgan fingerprint density at radius 2 is 1.52 bits per heavy atom. The van der Waals surface area contributed by atoms with E-state index >= 15 is 0 Å². The van der Waals surface area contributed by atoms with Gasteiger partial charge < -0.3 is 16.4 Å². The fraction of sp³-hybridized carbons (Fsp3) is 0.385. The van der Waals surface area contributed by atoms with Crippen molar-refractivity contribution in [3.63, 3.8) is 0 Å². The number of benzene rings is 2. The van der Waals surface area contributed by atoms with Gasteiger partial charge in [-0.05, 0) is 54.8 Å². The summed E-state index contributed by atoms with van der Waals surface area (Å²) < 4.78 is 0. The zero-order valence-corrected chi connectivity index (χ0v) is 18.8. The molecule has 0 bridgehead atoms. The van der Waals surface area contributed by atoms with Crippen molar-refractivity contribution in [2.75, 3.05) is 6.54 Å². The topological polar surface area (TPSA) is 116 Å². The van der Waals surface area contributed by atoms with Crippen molar-refractivity contribution in [3.05, 3.63) is 70.8 Å². The van der Waals surface area contributed by atoms with E-state index in [9.17, 15) is 9.59 Å². The summed E-state index contributed by atoms with van der Waals surface area (Å²) in [6.07, 6.45) is 7.92. The van der Waals surface area contributed by atoms with Crippen LogP contribution in [0.3, 0.4) is 0 Å². The van der Waals surface area contributed by atoms with Crippen LogP contribution in [0.2, 0.25) is 0 Å². The predicted octanol–water partition coefficient (Wildman–Crippen LogP) is 2.46. The summed E-state index contributed by atoms with van der Waals surface area (Å²) in [5.74, 6) is 5.03. The Kier molecular flexibility index (Phi) is 9.45. The van der Waals surface area contributed by atoms with Crippen LogP contribution in [0, 0.1) is 11.8 Å². The highest BCUT2D eigenvalue weighted by Gasteiger charge is 2.19. The number of rotatable bonds is 7. The van der Waals surface area contributed by atoms with E-state index in [-0.39, 0.29) is 6.54 Å². The second kappa shape index (κ2) is 12.8. The standard InChI is InChI=1S/C26H32N4O3/c27-17-24(26(32)30-33)29-25(31)22-15-13-20(14-16-22)8-7-19-9-11-21(12-10-19)18-28-23-5-3-1-2-4-6-23/h9-16,23-24,28,33H,1-6,17-18,27H2,(H,29,31)(H,30,32)/t24-/m0/s1. The van der Waals surface area contributed by atoms with Crippen LogP contribution in [-0.2, 0) is 11.3 Å². The van der Waals surface area contributed by atoms with E-state index in [1.165, 1.54) is 49.6 Å². The first-order chi connectivity index (χ1) is 16.1. The average molecular weight is 449 g/mol. The molecular weight excluding hydrogens is 416 g/mol. The van der Waals surface area contributed by atoms with E-state index in [0.29, 0.717) is 11.6 Å². The minimum atomic E-state index is -1.01. The third-order valence-corrected chi connectivity index (χ3v) is 5.87. The van der Waals surface area contributed by atoms with Crippen molar-refractivity contribution in [2.24, 2.45) is 5.73 Å². The fourth-order valence-corrected chi connectivity index (χ4v) is 3.85. The molecule has 1 saturated carbocycles.